The lowest BCUT2D eigenvalue weighted by atomic mass is 9.87. The third-order valence-electron chi connectivity index (χ3n) is 3.83. The lowest BCUT2D eigenvalue weighted by Crippen LogP contribution is -2.22. The van der Waals surface area contributed by atoms with E-state index in [0.29, 0.717) is 17.2 Å². The van der Waals surface area contributed by atoms with Gasteiger partial charge in [0.2, 0.25) is 5.95 Å². The Bertz CT molecular complexity index is 388. The highest BCUT2D eigenvalue weighted by molar-refractivity contribution is 7.99. The van der Waals surface area contributed by atoms with Gasteiger partial charge in [-0.15, -0.1) is 10.2 Å². The summed E-state index contributed by atoms with van der Waals surface area (Å²) in [6, 6.07) is 0.325. The molecule has 18 heavy (non-hydrogen) atoms. The first-order chi connectivity index (χ1) is 8.63. The van der Waals surface area contributed by atoms with Crippen molar-refractivity contribution in [3.8, 4) is 0 Å². The molecule has 0 radical (unpaired) electrons. The van der Waals surface area contributed by atoms with E-state index >= 15 is 0 Å². The average molecular weight is 268 g/mol. The van der Waals surface area contributed by atoms with Gasteiger partial charge in [-0.25, -0.2) is 0 Å². The highest BCUT2D eigenvalue weighted by Gasteiger charge is 2.27. The number of hydrogen-bond acceptors (Lipinski definition) is 4. The smallest absolute Gasteiger partial charge is 0.222 e. The standard InChI is InChI=1S/C13H24N4S/c1-4-10-7-5-6-8-11(10)18-13-16-15-12(14)17(13)9(2)3/h9-11H,4-8H2,1-3H3,(H2,14,15). The van der Waals surface area contributed by atoms with Gasteiger partial charge in [0, 0.05) is 11.3 Å². The van der Waals surface area contributed by atoms with Crippen LogP contribution < -0.4 is 5.73 Å². The van der Waals surface area contributed by atoms with E-state index in [4.69, 9.17) is 5.73 Å². The summed E-state index contributed by atoms with van der Waals surface area (Å²) >= 11 is 1.88. The van der Waals surface area contributed by atoms with E-state index in [2.05, 4.69) is 31.0 Å². The van der Waals surface area contributed by atoms with Crippen molar-refractivity contribution < 1.29 is 0 Å². The van der Waals surface area contributed by atoms with Gasteiger partial charge in [-0.1, -0.05) is 37.9 Å². The topological polar surface area (TPSA) is 56.7 Å². The molecule has 2 N–H and O–H groups in total. The third-order valence-corrected chi connectivity index (χ3v) is 5.24. The molecular formula is C13H24N4S. The van der Waals surface area contributed by atoms with E-state index in [-0.39, 0.29) is 0 Å². The quantitative estimate of drug-likeness (QED) is 0.908. The number of nitrogens with two attached hydrogens (primary N) is 1. The summed E-state index contributed by atoms with van der Waals surface area (Å²) in [6.45, 7) is 6.55. The molecule has 2 rings (SSSR count). The monoisotopic (exact) mass is 268 g/mol. The van der Waals surface area contributed by atoms with Crippen LogP contribution in [0.5, 0.6) is 0 Å². The summed E-state index contributed by atoms with van der Waals surface area (Å²) in [7, 11) is 0. The zero-order valence-electron chi connectivity index (χ0n) is 11.6. The number of thioether (sulfide) groups is 1. The van der Waals surface area contributed by atoms with Gasteiger partial charge in [-0.3, -0.25) is 4.57 Å². The average Bonchev–Trinajstić information content (AvgIpc) is 2.71. The lowest BCUT2D eigenvalue weighted by molar-refractivity contribution is 0.360. The Morgan fingerprint density at radius 3 is 2.72 bits per heavy atom. The van der Waals surface area contributed by atoms with Gasteiger partial charge in [0.1, 0.15) is 0 Å². The molecule has 2 unspecified atom stereocenters. The van der Waals surface area contributed by atoms with E-state index in [9.17, 15) is 0 Å². The van der Waals surface area contributed by atoms with Crippen LogP contribution in [-0.2, 0) is 0 Å². The fraction of sp³-hybridized carbons (Fsp3) is 0.846. The van der Waals surface area contributed by atoms with Crippen molar-refractivity contribution in [2.75, 3.05) is 5.73 Å². The van der Waals surface area contributed by atoms with E-state index in [1.54, 1.807) is 0 Å². The van der Waals surface area contributed by atoms with Crippen molar-refractivity contribution in [2.45, 2.75) is 69.3 Å². The van der Waals surface area contributed by atoms with Crippen molar-refractivity contribution in [1.82, 2.24) is 14.8 Å². The Morgan fingerprint density at radius 2 is 2.06 bits per heavy atom. The van der Waals surface area contributed by atoms with Gasteiger partial charge in [-0.05, 0) is 32.6 Å². The predicted octanol–water partition coefficient (Wildman–Crippen LogP) is 3.50. The van der Waals surface area contributed by atoms with E-state index in [0.717, 1.165) is 11.1 Å². The molecule has 1 aromatic rings. The number of nitrogens with zero attached hydrogens (tertiary/aromatic N) is 3. The van der Waals surface area contributed by atoms with Crippen LogP contribution >= 0.6 is 11.8 Å². The van der Waals surface area contributed by atoms with E-state index in [1.807, 2.05) is 16.3 Å². The van der Waals surface area contributed by atoms with Gasteiger partial charge in [-0.2, -0.15) is 0 Å². The molecule has 5 heteroatoms. The molecule has 102 valence electrons. The Morgan fingerprint density at radius 1 is 1.33 bits per heavy atom. The summed E-state index contributed by atoms with van der Waals surface area (Å²) in [5, 5.41) is 9.95. The highest BCUT2D eigenvalue weighted by Crippen LogP contribution is 2.39. The number of anilines is 1. The molecule has 2 atom stereocenters. The van der Waals surface area contributed by atoms with Gasteiger partial charge in [0.25, 0.3) is 0 Å². The van der Waals surface area contributed by atoms with Crippen LogP contribution in [0.15, 0.2) is 5.16 Å². The number of nitrogen functional groups attached to an aromatic ring is 1. The molecule has 0 aliphatic heterocycles. The first-order valence-electron chi connectivity index (χ1n) is 7.00. The number of aromatic nitrogens is 3. The molecule has 1 aromatic heterocycles. The first-order valence-corrected chi connectivity index (χ1v) is 7.88. The zero-order valence-corrected chi connectivity index (χ0v) is 12.4. The summed E-state index contributed by atoms with van der Waals surface area (Å²) in [5.41, 5.74) is 5.89. The maximum absolute atomic E-state index is 5.89. The normalized spacial score (nSPS) is 24.7. The van der Waals surface area contributed by atoms with Crippen LogP contribution in [0.4, 0.5) is 5.95 Å². The second-order valence-electron chi connectivity index (χ2n) is 5.41. The minimum Gasteiger partial charge on any atom is -0.368 e. The minimum absolute atomic E-state index is 0.325. The zero-order chi connectivity index (χ0) is 13.1. The predicted molar refractivity (Wildman–Crippen MR) is 76.7 cm³/mol. The van der Waals surface area contributed by atoms with Crippen molar-refractivity contribution in [3.63, 3.8) is 0 Å². The van der Waals surface area contributed by atoms with Gasteiger partial charge in [0.15, 0.2) is 5.16 Å². The molecular weight excluding hydrogens is 244 g/mol. The maximum atomic E-state index is 5.89. The van der Waals surface area contributed by atoms with Crippen LogP contribution in [0.1, 0.15) is 58.9 Å². The minimum atomic E-state index is 0.325. The molecule has 1 saturated carbocycles. The molecule has 0 aromatic carbocycles. The summed E-state index contributed by atoms with van der Waals surface area (Å²) in [4.78, 5) is 0. The van der Waals surface area contributed by atoms with Gasteiger partial charge < -0.3 is 5.73 Å². The molecule has 4 nitrogen and oxygen atoms in total. The van der Waals surface area contributed by atoms with Crippen molar-refractivity contribution >= 4 is 17.7 Å². The summed E-state index contributed by atoms with van der Waals surface area (Å²) < 4.78 is 2.05. The molecule has 1 heterocycles. The lowest BCUT2D eigenvalue weighted by Gasteiger charge is -2.30. The van der Waals surface area contributed by atoms with Crippen LogP contribution in [-0.4, -0.2) is 20.0 Å². The SMILES string of the molecule is CCC1CCCCC1Sc1nnc(N)n1C(C)C. The fourth-order valence-electron chi connectivity index (χ4n) is 2.79. The van der Waals surface area contributed by atoms with Crippen molar-refractivity contribution in [2.24, 2.45) is 5.92 Å². The van der Waals surface area contributed by atoms with E-state index < -0.39 is 0 Å². The van der Waals surface area contributed by atoms with Crippen molar-refractivity contribution in [1.29, 1.82) is 0 Å². The van der Waals surface area contributed by atoms with E-state index in [1.165, 1.54) is 32.1 Å². The summed E-state index contributed by atoms with van der Waals surface area (Å²) in [6.07, 6.45) is 6.66. The second kappa shape index (κ2) is 5.95. The molecule has 0 spiro atoms. The molecule has 0 bridgehead atoms. The Kier molecular flexibility index (Phi) is 4.54. The van der Waals surface area contributed by atoms with Crippen LogP contribution in [0.2, 0.25) is 0 Å². The fourth-order valence-corrected chi connectivity index (χ4v) is 4.37. The molecule has 1 fully saturated rings. The van der Waals surface area contributed by atoms with Gasteiger partial charge in [0.05, 0.1) is 0 Å². The number of rotatable bonds is 4. The Balaban J connectivity index is 2.12. The van der Waals surface area contributed by atoms with Crippen LogP contribution in [0.3, 0.4) is 0 Å². The third kappa shape index (κ3) is 2.82. The second-order valence-corrected chi connectivity index (χ2v) is 6.62. The maximum Gasteiger partial charge on any atom is 0.222 e. The first kappa shape index (κ1) is 13.7. The van der Waals surface area contributed by atoms with Crippen LogP contribution in [0.25, 0.3) is 0 Å². The molecule has 1 aliphatic carbocycles. The van der Waals surface area contributed by atoms with Gasteiger partial charge >= 0.3 is 0 Å². The van der Waals surface area contributed by atoms with Crippen LogP contribution in [0, 0.1) is 5.92 Å². The Hall–Kier alpha value is -0.710. The number of hydrogen-bond donors (Lipinski definition) is 1. The molecule has 0 saturated heterocycles. The Labute approximate surface area is 114 Å². The summed E-state index contributed by atoms with van der Waals surface area (Å²) in [5.74, 6) is 1.36. The molecule has 0 amide bonds. The molecule has 1 aliphatic rings. The van der Waals surface area contributed by atoms with Crippen molar-refractivity contribution in [3.05, 3.63) is 0 Å². The highest BCUT2D eigenvalue weighted by atomic mass is 32.2. The largest absolute Gasteiger partial charge is 0.368 e.